The highest BCUT2D eigenvalue weighted by atomic mass is 16.5. The van der Waals surface area contributed by atoms with Gasteiger partial charge in [0.15, 0.2) is 6.10 Å². The van der Waals surface area contributed by atoms with Crippen molar-refractivity contribution >= 4 is 29.0 Å². The zero-order valence-corrected chi connectivity index (χ0v) is 16.9. The van der Waals surface area contributed by atoms with Crippen LogP contribution in [0.3, 0.4) is 0 Å². The van der Waals surface area contributed by atoms with Crippen LogP contribution in [-0.2, 0) is 22.4 Å². The fourth-order valence-corrected chi connectivity index (χ4v) is 4.80. The molecule has 6 nitrogen and oxygen atoms in total. The molecule has 6 heteroatoms. The molecule has 2 aliphatic heterocycles. The minimum atomic E-state index is -0.884. The molecule has 2 heterocycles. The lowest BCUT2D eigenvalue weighted by molar-refractivity contribution is -0.117. The molecular formula is C24H24N2O4. The molecule has 5 rings (SSSR count). The number of Topliss-reactive ketones (excluding diaryl/α,β-unsaturated/α-hetero) is 1. The van der Waals surface area contributed by atoms with Crippen LogP contribution in [0.15, 0.2) is 36.4 Å². The SMILES string of the molecule is C[C@@H](OC(=O)c1ccc2c(c1)NC(=O)[C@@H]1CCCN21)C(=O)c1ccc2c(c1)CCC2. The number of benzene rings is 2. The Morgan fingerprint density at radius 2 is 1.87 bits per heavy atom. The van der Waals surface area contributed by atoms with E-state index in [-0.39, 0.29) is 17.7 Å². The van der Waals surface area contributed by atoms with Crippen molar-refractivity contribution in [3.63, 3.8) is 0 Å². The molecule has 3 aliphatic rings. The van der Waals surface area contributed by atoms with E-state index in [0.29, 0.717) is 16.8 Å². The van der Waals surface area contributed by atoms with E-state index < -0.39 is 12.1 Å². The molecule has 0 bridgehead atoms. The molecule has 2 aromatic carbocycles. The summed E-state index contributed by atoms with van der Waals surface area (Å²) < 4.78 is 5.46. The highest BCUT2D eigenvalue weighted by Gasteiger charge is 2.36. The van der Waals surface area contributed by atoms with Gasteiger partial charge in [-0.2, -0.15) is 0 Å². The molecule has 0 unspecified atom stereocenters. The van der Waals surface area contributed by atoms with Crippen LogP contribution in [0, 0.1) is 0 Å². The van der Waals surface area contributed by atoms with Crippen molar-refractivity contribution < 1.29 is 19.1 Å². The van der Waals surface area contributed by atoms with E-state index in [1.165, 1.54) is 11.1 Å². The van der Waals surface area contributed by atoms with Gasteiger partial charge in [0, 0.05) is 12.1 Å². The van der Waals surface area contributed by atoms with E-state index in [9.17, 15) is 14.4 Å². The van der Waals surface area contributed by atoms with Crippen LogP contribution in [0.5, 0.6) is 0 Å². The van der Waals surface area contributed by atoms with Gasteiger partial charge in [-0.15, -0.1) is 0 Å². The number of fused-ring (bicyclic) bond motifs is 4. The summed E-state index contributed by atoms with van der Waals surface area (Å²) in [5.74, 6) is -0.813. The number of carbonyl (C=O) groups excluding carboxylic acids is 3. The summed E-state index contributed by atoms with van der Waals surface area (Å²) >= 11 is 0. The predicted molar refractivity (Wildman–Crippen MR) is 113 cm³/mol. The second kappa shape index (κ2) is 7.27. The zero-order valence-electron chi connectivity index (χ0n) is 16.9. The predicted octanol–water partition coefficient (Wildman–Crippen LogP) is 3.52. The van der Waals surface area contributed by atoms with Gasteiger partial charge in [0.05, 0.1) is 16.9 Å². The molecule has 2 aromatic rings. The monoisotopic (exact) mass is 404 g/mol. The molecule has 30 heavy (non-hydrogen) atoms. The first-order chi connectivity index (χ1) is 14.5. The third kappa shape index (κ3) is 3.16. The van der Waals surface area contributed by atoms with Crippen LogP contribution in [-0.4, -0.2) is 36.4 Å². The molecular weight excluding hydrogens is 380 g/mol. The van der Waals surface area contributed by atoms with Gasteiger partial charge in [-0.1, -0.05) is 12.1 Å². The number of amides is 1. The lowest BCUT2D eigenvalue weighted by Gasteiger charge is -2.33. The summed E-state index contributed by atoms with van der Waals surface area (Å²) in [6, 6.07) is 10.8. The largest absolute Gasteiger partial charge is 0.451 e. The minimum Gasteiger partial charge on any atom is -0.451 e. The molecule has 0 saturated carbocycles. The highest BCUT2D eigenvalue weighted by Crippen LogP contribution is 2.37. The Morgan fingerprint density at radius 3 is 2.73 bits per heavy atom. The molecule has 1 N–H and O–H groups in total. The van der Waals surface area contributed by atoms with Crippen LogP contribution in [0.4, 0.5) is 11.4 Å². The smallest absolute Gasteiger partial charge is 0.338 e. The van der Waals surface area contributed by atoms with E-state index in [0.717, 1.165) is 44.3 Å². The second-order valence-electron chi connectivity index (χ2n) is 8.32. The van der Waals surface area contributed by atoms with Crippen molar-refractivity contribution in [2.45, 2.75) is 51.2 Å². The second-order valence-corrected chi connectivity index (χ2v) is 8.32. The third-order valence-corrected chi connectivity index (χ3v) is 6.39. The quantitative estimate of drug-likeness (QED) is 0.623. The molecule has 1 amide bonds. The topological polar surface area (TPSA) is 75.7 Å². The molecule has 154 valence electrons. The van der Waals surface area contributed by atoms with Crippen LogP contribution < -0.4 is 10.2 Å². The molecule has 2 atom stereocenters. The van der Waals surface area contributed by atoms with Gasteiger partial charge in [0.2, 0.25) is 11.7 Å². The number of ether oxygens (including phenoxy) is 1. The Hall–Kier alpha value is -3.15. The Morgan fingerprint density at radius 1 is 1.07 bits per heavy atom. The molecule has 1 aliphatic carbocycles. The third-order valence-electron chi connectivity index (χ3n) is 6.39. The molecule has 0 radical (unpaired) electrons. The summed E-state index contributed by atoms with van der Waals surface area (Å²) in [6.45, 7) is 2.43. The van der Waals surface area contributed by atoms with Gasteiger partial charge in [0.1, 0.15) is 6.04 Å². The number of ketones is 1. The molecule has 0 aromatic heterocycles. The fraction of sp³-hybridized carbons (Fsp3) is 0.375. The molecule has 0 spiro atoms. The Bertz CT molecular complexity index is 1060. The van der Waals surface area contributed by atoms with Crippen molar-refractivity contribution in [1.29, 1.82) is 0 Å². The number of rotatable bonds is 4. The van der Waals surface area contributed by atoms with E-state index in [1.807, 2.05) is 24.3 Å². The average Bonchev–Trinajstić information content (AvgIpc) is 3.42. The lowest BCUT2D eigenvalue weighted by Crippen LogP contribution is -2.43. The van der Waals surface area contributed by atoms with E-state index in [4.69, 9.17) is 4.74 Å². The first-order valence-corrected chi connectivity index (χ1v) is 10.6. The number of nitrogens with zero attached hydrogens (tertiary/aromatic N) is 1. The molecule has 1 fully saturated rings. The van der Waals surface area contributed by atoms with Crippen molar-refractivity contribution in [2.75, 3.05) is 16.8 Å². The first kappa shape index (κ1) is 18.9. The summed E-state index contributed by atoms with van der Waals surface area (Å²) in [7, 11) is 0. The minimum absolute atomic E-state index is 0.0364. The summed E-state index contributed by atoms with van der Waals surface area (Å²) in [5.41, 5.74) is 4.95. The standard InChI is InChI=1S/C24H24N2O4/c1-14(22(27)17-8-7-15-4-2-5-16(15)12-17)30-24(29)18-9-10-20-19(13-18)25-23(28)21-6-3-11-26(20)21/h7-10,12-14,21H,2-6,11H2,1H3,(H,25,28)/t14-,21+/m1/s1. The van der Waals surface area contributed by atoms with Crippen LogP contribution in [0.2, 0.25) is 0 Å². The van der Waals surface area contributed by atoms with Gasteiger partial charge in [-0.3, -0.25) is 9.59 Å². The van der Waals surface area contributed by atoms with E-state index in [1.54, 1.807) is 19.1 Å². The first-order valence-electron chi connectivity index (χ1n) is 10.6. The van der Waals surface area contributed by atoms with Gasteiger partial charge >= 0.3 is 5.97 Å². The summed E-state index contributed by atoms with van der Waals surface area (Å²) in [5, 5.41) is 2.90. The number of esters is 1. The number of hydrogen-bond donors (Lipinski definition) is 1. The number of carbonyl (C=O) groups is 3. The van der Waals surface area contributed by atoms with Crippen molar-refractivity contribution in [3.05, 3.63) is 58.7 Å². The normalized spacial score (nSPS) is 20.1. The highest BCUT2D eigenvalue weighted by molar-refractivity contribution is 6.06. The van der Waals surface area contributed by atoms with Crippen LogP contribution in [0.1, 0.15) is 58.0 Å². The van der Waals surface area contributed by atoms with Crippen molar-refractivity contribution in [3.8, 4) is 0 Å². The van der Waals surface area contributed by atoms with E-state index >= 15 is 0 Å². The fourth-order valence-electron chi connectivity index (χ4n) is 4.80. The number of anilines is 2. The summed E-state index contributed by atoms with van der Waals surface area (Å²) in [4.78, 5) is 39.8. The number of hydrogen-bond acceptors (Lipinski definition) is 5. The van der Waals surface area contributed by atoms with Gasteiger partial charge in [-0.25, -0.2) is 4.79 Å². The molecule has 1 saturated heterocycles. The maximum Gasteiger partial charge on any atom is 0.338 e. The Balaban J connectivity index is 1.31. The van der Waals surface area contributed by atoms with Gasteiger partial charge < -0.3 is 15.0 Å². The van der Waals surface area contributed by atoms with Crippen molar-refractivity contribution in [1.82, 2.24) is 0 Å². The van der Waals surface area contributed by atoms with Crippen LogP contribution in [0.25, 0.3) is 0 Å². The number of aryl methyl sites for hydroxylation is 2. The van der Waals surface area contributed by atoms with Crippen molar-refractivity contribution in [2.24, 2.45) is 0 Å². The summed E-state index contributed by atoms with van der Waals surface area (Å²) in [6.07, 6.45) is 4.10. The Kier molecular flexibility index (Phi) is 4.57. The zero-order chi connectivity index (χ0) is 20.8. The van der Waals surface area contributed by atoms with Crippen LogP contribution >= 0.6 is 0 Å². The van der Waals surface area contributed by atoms with E-state index in [2.05, 4.69) is 10.2 Å². The van der Waals surface area contributed by atoms with Gasteiger partial charge in [0.25, 0.3) is 0 Å². The lowest BCUT2D eigenvalue weighted by atomic mass is 10.0. The average molecular weight is 404 g/mol. The maximum absolute atomic E-state index is 12.8. The van der Waals surface area contributed by atoms with Gasteiger partial charge in [-0.05, 0) is 74.4 Å². The number of nitrogens with one attached hydrogen (secondary N) is 1. The Labute approximate surface area is 175 Å². The maximum atomic E-state index is 12.8.